The Morgan fingerprint density at radius 2 is 1.90 bits per heavy atom. The summed E-state index contributed by atoms with van der Waals surface area (Å²) >= 11 is 0. The highest BCUT2D eigenvalue weighted by atomic mass is 31.2. The zero-order chi connectivity index (χ0) is 29.2. The predicted molar refractivity (Wildman–Crippen MR) is 141 cm³/mol. The Morgan fingerprint density at radius 3 is 2.62 bits per heavy atom. The second-order valence-electron chi connectivity index (χ2n) is 9.41. The zero-order valence-corrected chi connectivity index (χ0v) is 22.7. The highest BCUT2D eigenvalue weighted by molar-refractivity contribution is 7.52. The monoisotopic (exact) mass is 580 g/mol. The Kier molecular flexibility index (Phi) is 8.88. The molecule has 0 radical (unpaired) electrons. The number of aliphatic hydroxyl groups is 2. The summed E-state index contributed by atoms with van der Waals surface area (Å²) < 4.78 is 50.7. The molecule has 1 aliphatic heterocycles. The SMILES string of the molecule is CC(C)OC(=O)C(C)NP(=O)(OCC1OC(n2cc(F)c(N)nc2=O)C(O)C1O)Oc1cccc2ccccc12. The summed E-state index contributed by atoms with van der Waals surface area (Å²) in [7, 11) is -4.39. The molecular weight excluding hydrogens is 550 g/mol. The van der Waals surface area contributed by atoms with Gasteiger partial charge in [-0.3, -0.25) is 13.9 Å². The molecule has 1 aliphatic rings. The number of ether oxygens (including phenoxy) is 2. The summed E-state index contributed by atoms with van der Waals surface area (Å²) in [5.74, 6) is -2.22. The van der Waals surface area contributed by atoms with Crippen molar-refractivity contribution in [1.29, 1.82) is 0 Å². The van der Waals surface area contributed by atoms with Gasteiger partial charge in [-0.2, -0.15) is 10.1 Å². The van der Waals surface area contributed by atoms with Crippen LogP contribution in [-0.2, 0) is 23.4 Å². The van der Waals surface area contributed by atoms with Gasteiger partial charge in [0.2, 0.25) is 0 Å². The van der Waals surface area contributed by atoms with E-state index in [2.05, 4.69) is 10.1 Å². The minimum absolute atomic E-state index is 0.180. The van der Waals surface area contributed by atoms with Crippen molar-refractivity contribution < 1.29 is 42.5 Å². The zero-order valence-electron chi connectivity index (χ0n) is 21.8. The van der Waals surface area contributed by atoms with E-state index in [0.29, 0.717) is 16.2 Å². The first kappa shape index (κ1) is 29.6. The second kappa shape index (κ2) is 12.0. The average Bonchev–Trinajstić information content (AvgIpc) is 3.18. The van der Waals surface area contributed by atoms with Crippen molar-refractivity contribution in [3.05, 3.63) is 65.0 Å². The quantitative estimate of drug-likeness (QED) is 0.202. The van der Waals surface area contributed by atoms with E-state index >= 15 is 0 Å². The van der Waals surface area contributed by atoms with E-state index in [4.69, 9.17) is 24.3 Å². The third kappa shape index (κ3) is 6.49. The third-order valence-corrected chi connectivity index (χ3v) is 7.61. The van der Waals surface area contributed by atoms with Gasteiger partial charge in [0.15, 0.2) is 17.9 Å². The van der Waals surface area contributed by atoms with Crippen molar-refractivity contribution in [2.24, 2.45) is 0 Å². The minimum Gasteiger partial charge on any atom is -0.462 e. The number of benzene rings is 2. The number of fused-ring (bicyclic) bond motifs is 1. The smallest absolute Gasteiger partial charge is 0.459 e. The van der Waals surface area contributed by atoms with E-state index in [-0.39, 0.29) is 5.75 Å². The standard InChI is InChI=1S/C25H30FN4O9P/c1-13(2)37-24(33)14(3)29-40(35,39-18-10-6-8-15-7-4-5-9-16(15)18)36-12-19-20(31)21(32)23(38-19)30-11-17(26)22(27)28-25(30)34/h4-11,13-14,19-21,23,31-32H,12H2,1-3H3,(H,29,35)(H2,27,28,34). The molecule has 0 spiro atoms. The van der Waals surface area contributed by atoms with Crippen LogP contribution in [0.1, 0.15) is 27.0 Å². The van der Waals surface area contributed by atoms with Crippen LogP contribution in [0, 0.1) is 5.82 Å². The van der Waals surface area contributed by atoms with Crippen LogP contribution >= 0.6 is 7.75 Å². The second-order valence-corrected chi connectivity index (χ2v) is 11.1. The number of aromatic nitrogens is 2. The predicted octanol–water partition coefficient (Wildman–Crippen LogP) is 1.87. The fourth-order valence-corrected chi connectivity index (χ4v) is 5.55. The van der Waals surface area contributed by atoms with Crippen LogP contribution < -0.4 is 21.0 Å². The Bertz CT molecular complexity index is 1480. The van der Waals surface area contributed by atoms with Gasteiger partial charge in [-0.15, -0.1) is 0 Å². The topological polar surface area (TPSA) is 184 Å². The van der Waals surface area contributed by atoms with Crippen LogP contribution in [0.3, 0.4) is 0 Å². The van der Waals surface area contributed by atoms with Crippen LogP contribution in [0.15, 0.2) is 53.5 Å². The number of nitrogens with one attached hydrogen (secondary N) is 1. The van der Waals surface area contributed by atoms with Crippen molar-refractivity contribution in [2.45, 2.75) is 57.5 Å². The van der Waals surface area contributed by atoms with Crippen molar-refractivity contribution >= 4 is 30.3 Å². The fourth-order valence-electron chi connectivity index (χ4n) is 4.03. The lowest BCUT2D eigenvalue weighted by atomic mass is 10.1. The molecule has 0 amide bonds. The lowest BCUT2D eigenvalue weighted by Crippen LogP contribution is -2.38. The van der Waals surface area contributed by atoms with Gasteiger partial charge < -0.3 is 29.9 Å². The van der Waals surface area contributed by atoms with E-state index in [1.807, 2.05) is 18.2 Å². The Hall–Kier alpha value is -3.39. The molecule has 5 N–H and O–H groups in total. The number of hydrogen-bond acceptors (Lipinski definition) is 11. The molecule has 2 heterocycles. The van der Waals surface area contributed by atoms with Crippen molar-refractivity contribution in [2.75, 3.05) is 12.3 Å². The summed E-state index contributed by atoms with van der Waals surface area (Å²) in [6.07, 6.45) is -6.00. The van der Waals surface area contributed by atoms with Gasteiger partial charge in [0, 0.05) is 5.39 Å². The molecule has 4 rings (SSSR count). The lowest BCUT2D eigenvalue weighted by molar-refractivity contribution is -0.149. The first-order valence-electron chi connectivity index (χ1n) is 12.3. The van der Waals surface area contributed by atoms with Crippen molar-refractivity contribution in [1.82, 2.24) is 14.6 Å². The number of aliphatic hydroxyl groups excluding tert-OH is 2. The Labute approximate surface area is 228 Å². The van der Waals surface area contributed by atoms with Crippen LogP contribution in [0.25, 0.3) is 10.8 Å². The largest absolute Gasteiger partial charge is 0.462 e. The molecule has 2 aromatic carbocycles. The van der Waals surface area contributed by atoms with E-state index < -0.39 is 74.3 Å². The third-order valence-electron chi connectivity index (χ3n) is 5.98. The van der Waals surface area contributed by atoms with E-state index in [9.17, 15) is 28.8 Å². The minimum atomic E-state index is -4.39. The maximum Gasteiger partial charge on any atom is 0.459 e. The molecule has 3 aromatic rings. The molecule has 6 atom stereocenters. The number of carbonyl (C=O) groups excluding carboxylic acids is 1. The number of nitrogens with two attached hydrogens (primary N) is 1. The summed E-state index contributed by atoms with van der Waals surface area (Å²) in [6.45, 7) is 4.08. The number of nitrogens with zero attached hydrogens (tertiary/aromatic N) is 2. The van der Waals surface area contributed by atoms with E-state index in [0.717, 1.165) is 5.39 Å². The molecule has 1 fully saturated rings. The summed E-state index contributed by atoms with van der Waals surface area (Å²) in [5, 5.41) is 25.0. The Balaban J connectivity index is 1.57. The van der Waals surface area contributed by atoms with Gasteiger partial charge in [-0.1, -0.05) is 36.4 Å². The highest BCUT2D eigenvalue weighted by Crippen LogP contribution is 2.47. The number of hydrogen-bond donors (Lipinski definition) is 4. The van der Waals surface area contributed by atoms with Gasteiger partial charge in [0.05, 0.1) is 18.9 Å². The average molecular weight is 581 g/mol. The normalized spacial score (nSPS) is 23.2. The molecule has 1 aromatic heterocycles. The fraction of sp³-hybridized carbons (Fsp3) is 0.400. The molecule has 15 heteroatoms. The van der Waals surface area contributed by atoms with Crippen LogP contribution in [-0.4, -0.2) is 62.8 Å². The van der Waals surface area contributed by atoms with Gasteiger partial charge >= 0.3 is 19.4 Å². The molecule has 0 bridgehead atoms. The number of halogens is 1. The van der Waals surface area contributed by atoms with Gasteiger partial charge in [-0.05, 0) is 32.2 Å². The molecule has 0 saturated carbocycles. The number of anilines is 1. The number of nitrogen functional groups attached to an aromatic ring is 1. The van der Waals surface area contributed by atoms with E-state index in [1.54, 1.807) is 38.1 Å². The van der Waals surface area contributed by atoms with Gasteiger partial charge in [-0.25, -0.2) is 13.8 Å². The number of carbonyl (C=O) groups is 1. The first-order chi connectivity index (χ1) is 18.9. The maximum absolute atomic E-state index is 14.0. The molecular formula is C25H30FN4O9P. The first-order valence-corrected chi connectivity index (χ1v) is 13.9. The van der Waals surface area contributed by atoms with Gasteiger partial charge in [0.25, 0.3) is 0 Å². The molecule has 40 heavy (non-hydrogen) atoms. The lowest BCUT2D eigenvalue weighted by Gasteiger charge is -2.25. The van der Waals surface area contributed by atoms with Gasteiger partial charge in [0.1, 0.15) is 30.1 Å². The molecule has 0 aliphatic carbocycles. The molecule has 1 saturated heterocycles. The van der Waals surface area contributed by atoms with Crippen molar-refractivity contribution in [3.63, 3.8) is 0 Å². The van der Waals surface area contributed by atoms with E-state index in [1.165, 1.54) is 6.92 Å². The van der Waals surface area contributed by atoms with Crippen LogP contribution in [0.4, 0.5) is 10.2 Å². The summed E-state index contributed by atoms with van der Waals surface area (Å²) in [5.41, 5.74) is 4.27. The Morgan fingerprint density at radius 1 is 1.20 bits per heavy atom. The number of rotatable bonds is 10. The highest BCUT2D eigenvalue weighted by Gasteiger charge is 2.46. The summed E-state index contributed by atoms with van der Waals surface area (Å²) in [6, 6.07) is 11.1. The number of esters is 1. The van der Waals surface area contributed by atoms with Crippen LogP contribution in [0.2, 0.25) is 0 Å². The molecule has 6 unspecified atom stereocenters. The molecule has 216 valence electrons. The van der Waals surface area contributed by atoms with Crippen molar-refractivity contribution in [3.8, 4) is 5.75 Å². The molecule has 13 nitrogen and oxygen atoms in total. The maximum atomic E-state index is 14.0. The van der Waals surface area contributed by atoms with Crippen LogP contribution in [0.5, 0.6) is 5.75 Å². The summed E-state index contributed by atoms with van der Waals surface area (Å²) in [4.78, 5) is 28.0.